The van der Waals surface area contributed by atoms with Gasteiger partial charge in [-0.2, -0.15) is 74.6 Å². The van der Waals surface area contributed by atoms with Crippen molar-refractivity contribution < 1.29 is 79.2 Å². The van der Waals surface area contributed by atoms with Crippen LogP contribution < -0.4 is 4.57 Å². The van der Waals surface area contributed by atoms with Crippen molar-refractivity contribution in [2.24, 2.45) is 0 Å². The normalized spacial score (nSPS) is 15.9. The summed E-state index contributed by atoms with van der Waals surface area (Å²) in [5.41, 5.74) is 0. The highest BCUT2D eigenvalue weighted by Gasteiger charge is 2.95. The summed E-state index contributed by atoms with van der Waals surface area (Å²) in [6, 6.07) is 0. The van der Waals surface area contributed by atoms with Crippen LogP contribution in [0, 0.1) is 0 Å². The number of nitrogens with one attached hydrogen (secondary N) is 1. The highest BCUT2D eigenvalue weighted by atomic mass is 19.4. The molecule has 0 bridgehead atoms. The van der Waals surface area contributed by atoms with E-state index in [0.717, 1.165) is 6.92 Å². The molecule has 188 valence electrons. The molecule has 0 spiro atoms. The number of hydrogen-bond acceptors (Lipinski definition) is 0. The first-order chi connectivity index (χ1) is 13.8. The van der Waals surface area contributed by atoms with Crippen molar-refractivity contribution in [1.82, 2.24) is 4.98 Å². The quantitative estimate of drug-likeness (QED) is 0.335. The summed E-state index contributed by atoms with van der Waals surface area (Å²) in [6.45, 7) is 0.157. The van der Waals surface area contributed by atoms with Crippen molar-refractivity contribution in [3.63, 3.8) is 0 Å². The number of imidazole rings is 1. The van der Waals surface area contributed by atoms with E-state index in [-0.39, 0.29) is 4.57 Å². The van der Waals surface area contributed by atoms with Crippen molar-refractivity contribution in [1.29, 1.82) is 0 Å². The Hall–Kier alpha value is -1.98. The first-order valence-electron chi connectivity index (χ1n) is 7.59. The predicted octanol–water partition coefficient (Wildman–Crippen LogP) is 5.79. The van der Waals surface area contributed by atoms with Gasteiger partial charge in [0, 0.05) is 0 Å². The van der Waals surface area contributed by atoms with Crippen LogP contribution in [0.25, 0.3) is 0 Å². The lowest BCUT2D eigenvalue weighted by atomic mass is 9.89. The minimum absolute atomic E-state index is 0.0350. The molecule has 0 radical (unpaired) electrons. The summed E-state index contributed by atoms with van der Waals surface area (Å²) in [4.78, 5) is 1.19. The third-order valence-electron chi connectivity index (χ3n) is 4.12. The maximum Gasteiger partial charge on any atom is 0.460 e. The van der Waals surface area contributed by atoms with Gasteiger partial charge >= 0.3 is 53.5 Å². The summed E-state index contributed by atoms with van der Waals surface area (Å²) < 4.78 is 224. The van der Waals surface area contributed by atoms with Crippen molar-refractivity contribution in [2.75, 3.05) is 0 Å². The first kappa shape index (κ1) is 28.1. The lowest BCUT2D eigenvalue weighted by molar-refractivity contribution is -0.711. The van der Waals surface area contributed by atoms with Gasteiger partial charge in [0.05, 0.1) is 6.54 Å². The van der Waals surface area contributed by atoms with Crippen molar-refractivity contribution in [3.05, 3.63) is 18.2 Å². The third-order valence-corrected chi connectivity index (χ3v) is 4.12. The molecule has 0 amide bonds. The van der Waals surface area contributed by atoms with E-state index >= 15 is 0 Å². The fraction of sp³-hybridized carbons (Fsp3) is 0.769. The van der Waals surface area contributed by atoms with Crippen molar-refractivity contribution in [2.45, 2.75) is 61.1 Å². The second-order valence-electron chi connectivity index (χ2n) is 6.11. The Bertz CT molecular complexity index is 819. The second kappa shape index (κ2) is 7.26. The zero-order chi connectivity index (χ0) is 26.0. The van der Waals surface area contributed by atoms with Gasteiger partial charge in [-0.3, -0.25) is 0 Å². The van der Waals surface area contributed by atoms with E-state index in [2.05, 4.69) is 0 Å². The molecular weight excluding hydrogens is 507 g/mol. The van der Waals surface area contributed by atoms with Crippen LogP contribution in [0.5, 0.6) is 0 Å². The zero-order valence-corrected chi connectivity index (χ0v) is 14.7. The van der Waals surface area contributed by atoms with E-state index in [1.54, 1.807) is 0 Å². The average molecular weight is 515 g/mol. The summed E-state index contributed by atoms with van der Waals surface area (Å²) in [5, 5.41) is 0. The molecule has 19 heteroatoms. The lowest BCUT2D eigenvalue weighted by Gasteiger charge is -2.42. The Labute approximate surface area is 165 Å². The summed E-state index contributed by atoms with van der Waals surface area (Å²) in [6.07, 6.45) is -6.97. The molecule has 2 nitrogen and oxygen atoms in total. The molecule has 0 aliphatic heterocycles. The number of rotatable bonds is 8. The number of alkyl halides is 17. The zero-order valence-electron chi connectivity index (χ0n) is 14.7. The number of hydrogen-bond donors (Lipinski definition) is 1. The van der Waals surface area contributed by atoms with Crippen LogP contribution in [0.1, 0.15) is 12.7 Å². The molecule has 0 aliphatic carbocycles. The summed E-state index contributed by atoms with van der Waals surface area (Å²) >= 11 is 0. The Morgan fingerprint density at radius 2 is 0.938 bits per heavy atom. The van der Waals surface area contributed by atoms with Gasteiger partial charge in [0.15, 0.2) is 0 Å². The van der Waals surface area contributed by atoms with Crippen LogP contribution in [0.2, 0.25) is 0 Å². The summed E-state index contributed by atoms with van der Waals surface area (Å²) in [7, 11) is 0. The number of nitrogens with zero attached hydrogens (tertiary/aromatic N) is 1. The highest BCUT2D eigenvalue weighted by Crippen LogP contribution is 2.64. The Kier molecular flexibility index (Phi) is 6.36. The number of aromatic nitrogens is 2. The van der Waals surface area contributed by atoms with Crippen LogP contribution in [-0.4, -0.2) is 46.7 Å². The maximum atomic E-state index is 14.0. The fourth-order valence-corrected chi connectivity index (χ4v) is 2.21. The van der Waals surface area contributed by atoms with Gasteiger partial charge in [0.2, 0.25) is 0 Å². The minimum Gasteiger partial charge on any atom is -0.242 e. The molecule has 0 unspecified atom stereocenters. The van der Waals surface area contributed by atoms with E-state index in [9.17, 15) is 74.6 Å². The van der Waals surface area contributed by atoms with Gasteiger partial charge in [-0.15, -0.1) is 0 Å². The van der Waals surface area contributed by atoms with Gasteiger partial charge in [0.1, 0.15) is 12.4 Å². The second-order valence-corrected chi connectivity index (χ2v) is 6.11. The van der Waals surface area contributed by atoms with E-state index in [1.807, 2.05) is 0 Å². The molecule has 0 aliphatic rings. The standard InChI is InChI=1S/C13H7F17N2/c1-2-32-4-3-31-5(32)6(14,15)7(16,17)8(18,19)9(20,21)10(22,23)11(24,25)12(26,27)13(28,29)30/h3-4H,2H2,1H3/p+1. The van der Waals surface area contributed by atoms with E-state index in [0.29, 0.717) is 12.4 Å². The van der Waals surface area contributed by atoms with Crippen LogP contribution >= 0.6 is 0 Å². The number of aromatic amines is 1. The van der Waals surface area contributed by atoms with E-state index in [4.69, 9.17) is 0 Å². The number of aryl methyl sites for hydroxylation is 1. The molecule has 1 rings (SSSR count). The number of H-pyrrole nitrogens is 1. The number of halogens is 17. The highest BCUT2D eigenvalue weighted by molar-refractivity contribution is 5.16. The molecule has 1 heterocycles. The predicted molar refractivity (Wildman–Crippen MR) is 66.3 cm³/mol. The van der Waals surface area contributed by atoms with Gasteiger partial charge in [0.25, 0.3) is 0 Å². The van der Waals surface area contributed by atoms with Crippen LogP contribution in [0.3, 0.4) is 0 Å². The monoisotopic (exact) mass is 515 g/mol. The largest absolute Gasteiger partial charge is 0.460 e. The SMILES string of the molecule is CC[n+]1cc[nH]c1C(F)(F)C(F)(F)C(F)(F)C(F)(F)C(F)(F)C(F)(F)C(F)(F)C(F)(F)F. The first-order valence-corrected chi connectivity index (χ1v) is 7.59. The van der Waals surface area contributed by atoms with Gasteiger partial charge in [-0.25, -0.2) is 9.55 Å². The Morgan fingerprint density at radius 1 is 0.594 bits per heavy atom. The van der Waals surface area contributed by atoms with Crippen molar-refractivity contribution >= 4 is 0 Å². The smallest absolute Gasteiger partial charge is 0.242 e. The van der Waals surface area contributed by atoms with Crippen LogP contribution in [0.15, 0.2) is 12.4 Å². The van der Waals surface area contributed by atoms with Gasteiger partial charge in [-0.1, -0.05) is 0 Å². The van der Waals surface area contributed by atoms with E-state index < -0.39 is 60.0 Å². The topological polar surface area (TPSA) is 19.7 Å². The van der Waals surface area contributed by atoms with Crippen LogP contribution in [-0.2, 0) is 12.5 Å². The minimum atomic E-state index is -8.63. The average Bonchev–Trinajstić information content (AvgIpc) is 3.09. The molecular formula is C13H8F17N2+. The Balaban J connectivity index is 3.72. The third kappa shape index (κ3) is 3.28. The molecule has 1 aromatic rings. The molecule has 0 atom stereocenters. The molecule has 0 saturated heterocycles. The van der Waals surface area contributed by atoms with E-state index in [1.165, 1.54) is 4.98 Å². The fourth-order valence-electron chi connectivity index (χ4n) is 2.21. The van der Waals surface area contributed by atoms with Crippen molar-refractivity contribution in [3.8, 4) is 0 Å². The molecule has 1 N–H and O–H groups in total. The maximum absolute atomic E-state index is 14.0. The molecule has 32 heavy (non-hydrogen) atoms. The molecule has 0 aromatic carbocycles. The molecule has 0 saturated carbocycles. The molecule has 0 fully saturated rings. The Morgan fingerprint density at radius 3 is 1.28 bits per heavy atom. The van der Waals surface area contributed by atoms with Crippen LogP contribution in [0.4, 0.5) is 74.6 Å². The lowest BCUT2D eigenvalue weighted by Crippen LogP contribution is -2.74. The summed E-state index contributed by atoms with van der Waals surface area (Å²) in [5.74, 6) is -58.8. The molecule has 1 aromatic heterocycles. The van der Waals surface area contributed by atoms with Gasteiger partial charge < -0.3 is 0 Å². The van der Waals surface area contributed by atoms with Gasteiger partial charge in [-0.05, 0) is 6.92 Å².